The summed E-state index contributed by atoms with van der Waals surface area (Å²) in [6, 6.07) is 10.7. The van der Waals surface area contributed by atoms with Gasteiger partial charge in [0.2, 0.25) is 10.0 Å². The minimum absolute atomic E-state index is 0.0274. The highest BCUT2D eigenvalue weighted by Crippen LogP contribution is 2.28. The summed E-state index contributed by atoms with van der Waals surface area (Å²) in [6.07, 6.45) is 1.50. The summed E-state index contributed by atoms with van der Waals surface area (Å²) in [5.74, 6) is 1.14. The van der Waals surface area contributed by atoms with Crippen LogP contribution in [-0.4, -0.2) is 39.0 Å². The normalized spacial score (nSPS) is 11.4. The van der Waals surface area contributed by atoms with E-state index in [9.17, 15) is 13.2 Å². The number of nitrogens with zero attached hydrogens (tertiary/aromatic N) is 2. The number of sulfonamides is 1. The second-order valence-corrected chi connectivity index (χ2v) is 7.41. The molecule has 0 aliphatic rings. The van der Waals surface area contributed by atoms with E-state index in [1.54, 1.807) is 18.2 Å². The Bertz CT molecular complexity index is 1110. The zero-order chi connectivity index (χ0) is 20.1. The van der Waals surface area contributed by atoms with Crippen LogP contribution in [0.15, 0.2) is 62.8 Å². The fourth-order valence-electron chi connectivity index (χ4n) is 2.53. The number of hydrogen-bond acceptors (Lipinski definition) is 7. The number of nitrogens with one attached hydrogen (secondary N) is 1. The van der Waals surface area contributed by atoms with E-state index in [4.69, 9.17) is 13.9 Å². The molecule has 0 fully saturated rings. The Morgan fingerprint density at radius 3 is 2.64 bits per heavy atom. The Balaban J connectivity index is 1.74. The van der Waals surface area contributed by atoms with Crippen LogP contribution in [0.25, 0.3) is 11.5 Å². The number of methoxy groups -OCH3 is 2. The molecule has 2 heterocycles. The predicted molar refractivity (Wildman–Crippen MR) is 101 cm³/mol. The number of aromatic nitrogens is 2. The lowest BCUT2D eigenvalue weighted by atomic mass is 10.3. The first-order valence-electron chi connectivity index (χ1n) is 8.28. The average molecular weight is 405 g/mol. The molecule has 0 unspecified atom stereocenters. The number of hydrogen-bond donors (Lipinski definition) is 1. The van der Waals surface area contributed by atoms with Crippen LogP contribution in [0.5, 0.6) is 11.5 Å². The van der Waals surface area contributed by atoms with Gasteiger partial charge < -0.3 is 13.9 Å². The third-order valence-electron chi connectivity index (χ3n) is 3.92. The number of benzene rings is 1. The van der Waals surface area contributed by atoms with Crippen molar-refractivity contribution in [3.05, 3.63) is 59.1 Å². The smallest absolute Gasteiger partial charge is 0.266 e. The zero-order valence-corrected chi connectivity index (χ0v) is 16.1. The Morgan fingerprint density at radius 1 is 1.14 bits per heavy atom. The SMILES string of the molecule is COc1ccc(S(=O)(=O)NCCn2nc(-c3ccco3)ccc2=O)c(OC)c1. The molecule has 3 rings (SSSR count). The molecule has 148 valence electrons. The largest absolute Gasteiger partial charge is 0.497 e. The van der Waals surface area contributed by atoms with Crippen molar-refractivity contribution in [2.75, 3.05) is 20.8 Å². The molecule has 0 spiro atoms. The maximum Gasteiger partial charge on any atom is 0.266 e. The fourth-order valence-corrected chi connectivity index (χ4v) is 3.70. The highest BCUT2D eigenvalue weighted by molar-refractivity contribution is 7.89. The van der Waals surface area contributed by atoms with Crippen molar-refractivity contribution < 1.29 is 22.3 Å². The molecule has 28 heavy (non-hydrogen) atoms. The summed E-state index contributed by atoms with van der Waals surface area (Å²) in [6.45, 7) is 0.0110. The predicted octanol–water partition coefficient (Wildman–Crippen LogP) is 1.50. The standard InChI is InChI=1S/C18H19N3O6S/c1-25-13-5-7-17(16(12-13)26-2)28(23,24)19-9-10-21-18(22)8-6-14(20-21)15-4-3-11-27-15/h3-8,11-12,19H,9-10H2,1-2H3. The molecular weight excluding hydrogens is 386 g/mol. The molecule has 0 saturated carbocycles. The van der Waals surface area contributed by atoms with E-state index in [2.05, 4.69) is 9.82 Å². The van der Waals surface area contributed by atoms with E-state index < -0.39 is 10.0 Å². The van der Waals surface area contributed by atoms with Gasteiger partial charge in [0.05, 0.1) is 27.0 Å². The van der Waals surface area contributed by atoms with Gasteiger partial charge in [-0.15, -0.1) is 0 Å². The lowest BCUT2D eigenvalue weighted by Gasteiger charge is -2.12. The van der Waals surface area contributed by atoms with Crippen LogP contribution in [0.3, 0.4) is 0 Å². The maximum atomic E-state index is 12.6. The topological polar surface area (TPSA) is 113 Å². The fraction of sp³-hybridized carbons (Fsp3) is 0.222. The minimum Gasteiger partial charge on any atom is -0.497 e. The van der Waals surface area contributed by atoms with Crippen molar-refractivity contribution in [1.29, 1.82) is 0 Å². The molecule has 3 aromatic rings. The maximum absolute atomic E-state index is 12.6. The molecule has 0 radical (unpaired) electrons. The van der Waals surface area contributed by atoms with Gasteiger partial charge in [-0.1, -0.05) is 0 Å². The first-order valence-corrected chi connectivity index (χ1v) is 9.76. The van der Waals surface area contributed by atoms with Crippen LogP contribution in [0.1, 0.15) is 0 Å². The summed E-state index contributed by atoms with van der Waals surface area (Å²) in [5.41, 5.74) is 0.126. The molecule has 0 aliphatic heterocycles. The van der Waals surface area contributed by atoms with Crippen molar-refractivity contribution in [2.45, 2.75) is 11.4 Å². The zero-order valence-electron chi connectivity index (χ0n) is 15.3. The van der Waals surface area contributed by atoms with Gasteiger partial charge in [0, 0.05) is 18.7 Å². The van der Waals surface area contributed by atoms with Crippen molar-refractivity contribution in [2.24, 2.45) is 0 Å². The van der Waals surface area contributed by atoms with E-state index in [0.29, 0.717) is 17.2 Å². The molecule has 9 nitrogen and oxygen atoms in total. The third-order valence-corrected chi connectivity index (χ3v) is 5.42. The van der Waals surface area contributed by atoms with Crippen molar-refractivity contribution in [1.82, 2.24) is 14.5 Å². The molecule has 0 saturated heterocycles. The summed E-state index contributed by atoms with van der Waals surface area (Å²) < 4.78 is 44.3. The van der Waals surface area contributed by atoms with E-state index in [0.717, 1.165) is 0 Å². The van der Waals surface area contributed by atoms with Gasteiger partial charge in [0.25, 0.3) is 5.56 Å². The van der Waals surface area contributed by atoms with Crippen molar-refractivity contribution in [3.63, 3.8) is 0 Å². The summed E-state index contributed by atoms with van der Waals surface area (Å²) in [7, 11) is -1.01. The molecule has 0 aliphatic carbocycles. The van der Waals surface area contributed by atoms with Crippen LogP contribution in [0.4, 0.5) is 0 Å². The van der Waals surface area contributed by atoms with Gasteiger partial charge in [0.15, 0.2) is 5.76 Å². The molecule has 10 heteroatoms. The lowest BCUT2D eigenvalue weighted by molar-refractivity contribution is 0.386. The van der Waals surface area contributed by atoms with E-state index >= 15 is 0 Å². The second kappa shape index (κ2) is 8.28. The number of ether oxygens (including phenoxy) is 2. The van der Waals surface area contributed by atoms with Crippen molar-refractivity contribution in [3.8, 4) is 23.0 Å². The quantitative estimate of drug-likeness (QED) is 0.604. The molecule has 0 bridgehead atoms. The second-order valence-electron chi connectivity index (χ2n) is 5.67. The highest BCUT2D eigenvalue weighted by Gasteiger charge is 2.20. The Hall–Kier alpha value is -3.11. The van der Waals surface area contributed by atoms with Gasteiger partial charge in [-0.05, 0) is 30.3 Å². The minimum atomic E-state index is -3.86. The van der Waals surface area contributed by atoms with Crippen LogP contribution >= 0.6 is 0 Å². The molecule has 1 aromatic carbocycles. The lowest BCUT2D eigenvalue weighted by Crippen LogP contribution is -2.32. The molecule has 0 atom stereocenters. The van der Waals surface area contributed by atoms with Crippen LogP contribution < -0.4 is 19.8 Å². The number of rotatable bonds is 8. The van der Waals surface area contributed by atoms with Crippen molar-refractivity contribution >= 4 is 10.0 Å². The van der Waals surface area contributed by atoms with Gasteiger partial charge in [-0.2, -0.15) is 5.10 Å². The summed E-state index contributed by atoms with van der Waals surface area (Å²) in [5, 5.41) is 4.20. The summed E-state index contributed by atoms with van der Waals surface area (Å²) >= 11 is 0. The van der Waals surface area contributed by atoms with E-state index in [1.807, 2.05) is 0 Å². The first kappa shape index (κ1) is 19.6. The van der Waals surface area contributed by atoms with E-state index in [1.165, 1.54) is 49.4 Å². The van der Waals surface area contributed by atoms with Gasteiger partial charge in [0.1, 0.15) is 22.1 Å². The molecule has 0 amide bonds. The monoisotopic (exact) mass is 405 g/mol. The highest BCUT2D eigenvalue weighted by atomic mass is 32.2. The van der Waals surface area contributed by atoms with Crippen LogP contribution in [0, 0.1) is 0 Å². The first-order chi connectivity index (χ1) is 13.4. The van der Waals surface area contributed by atoms with Crippen LogP contribution in [-0.2, 0) is 16.6 Å². The van der Waals surface area contributed by atoms with Gasteiger partial charge >= 0.3 is 0 Å². The Labute approximate surface area is 161 Å². The van der Waals surface area contributed by atoms with Gasteiger partial charge in [-0.3, -0.25) is 4.79 Å². The molecular formula is C18H19N3O6S. The van der Waals surface area contributed by atoms with Crippen LogP contribution in [0.2, 0.25) is 0 Å². The molecule has 1 N–H and O–H groups in total. The Kier molecular flexibility index (Phi) is 5.81. The number of furan rings is 1. The molecule has 2 aromatic heterocycles. The van der Waals surface area contributed by atoms with E-state index in [-0.39, 0.29) is 29.3 Å². The Morgan fingerprint density at radius 2 is 1.96 bits per heavy atom. The summed E-state index contributed by atoms with van der Waals surface area (Å²) in [4.78, 5) is 12.0. The van der Waals surface area contributed by atoms with Gasteiger partial charge in [-0.25, -0.2) is 17.8 Å². The third kappa shape index (κ3) is 4.24. The average Bonchev–Trinajstić information content (AvgIpc) is 3.23.